The van der Waals surface area contributed by atoms with Crippen molar-refractivity contribution < 1.29 is 14.3 Å². The maximum atomic E-state index is 12.9. The van der Waals surface area contributed by atoms with Crippen LogP contribution in [0.1, 0.15) is 10.4 Å². The minimum absolute atomic E-state index is 0.259. The summed E-state index contributed by atoms with van der Waals surface area (Å²) in [5.74, 6) is -1.72. The van der Waals surface area contributed by atoms with Gasteiger partial charge >= 0.3 is 5.97 Å². The highest BCUT2D eigenvalue weighted by Gasteiger charge is 2.17. The zero-order valence-electron chi connectivity index (χ0n) is 9.55. The molecule has 1 heterocycles. The molecule has 1 aromatic heterocycles. The topological polar surface area (TPSA) is 59.3 Å². The molecule has 92 valence electrons. The smallest absolute Gasteiger partial charge is 0.341 e. The van der Waals surface area contributed by atoms with Gasteiger partial charge in [-0.1, -0.05) is 0 Å². The summed E-state index contributed by atoms with van der Waals surface area (Å²) < 4.78 is 14.4. The molecule has 1 aromatic carbocycles. The predicted molar refractivity (Wildman–Crippen MR) is 64.0 cm³/mol. The fourth-order valence-electron chi connectivity index (χ4n) is 1.79. The first-order chi connectivity index (χ1) is 8.50. The fraction of sp³-hybridized carbons (Fsp3) is 0.0769. The van der Waals surface area contributed by atoms with Gasteiger partial charge in [-0.3, -0.25) is 4.79 Å². The molecule has 0 aliphatic carbocycles. The molecular weight excluding hydrogens is 237 g/mol. The molecule has 0 bridgehead atoms. The third kappa shape index (κ3) is 2.02. The van der Waals surface area contributed by atoms with E-state index in [-0.39, 0.29) is 11.3 Å². The van der Waals surface area contributed by atoms with Crippen molar-refractivity contribution in [1.29, 1.82) is 0 Å². The molecule has 4 nitrogen and oxygen atoms in total. The van der Waals surface area contributed by atoms with Gasteiger partial charge in [0.2, 0.25) is 0 Å². The van der Waals surface area contributed by atoms with E-state index in [9.17, 15) is 14.0 Å². The van der Waals surface area contributed by atoms with E-state index in [1.54, 1.807) is 7.05 Å². The van der Waals surface area contributed by atoms with E-state index in [2.05, 4.69) is 0 Å². The molecule has 2 aromatic rings. The Labute approximate surface area is 102 Å². The lowest BCUT2D eigenvalue weighted by atomic mass is 10.0. The zero-order chi connectivity index (χ0) is 13.3. The third-order valence-electron chi connectivity index (χ3n) is 2.62. The van der Waals surface area contributed by atoms with Crippen molar-refractivity contribution in [2.24, 2.45) is 7.05 Å². The van der Waals surface area contributed by atoms with Crippen LogP contribution in [0.15, 0.2) is 41.3 Å². The first-order valence-electron chi connectivity index (χ1n) is 5.19. The van der Waals surface area contributed by atoms with Gasteiger partial charge in [0.05, 0.1) is 5.69 Å². The van der Waals surface area contributed by atoms with Crippen LogP contribution in [0.2, 0.25) is 0 Å². The van der Waals surface area contributed by atoms with E-state index in [1.807, 2.05) is 0 Å². The third-order valence-corrected chi connectivity index (χ3v) is 2.62. The Morgan fingerprint density at radius 3 is 2.39 bits per heavy atom. The Hall–Kier alpha value is -2.43. The number of hydrogen-bond donors (Lipinski definition) is 1. The summed E-state index contributed by atoms with van der Waals surface area (Å²) in [5, 5.41) is 9.10. The highest BCUT2D eigenvalue weighted by atomic mass is 19.1. The highest BCUT2D eigenvalue weighted by molar-refractivity contribution is 5.94. The second-order valence-electron chi connectivity index (χ2n) is 3.83. The maximum Gasteiger partial charge on any atom is 0.341 e. The van der Waals surface area contributed by atoms with Crippen LogP contribution in [0.25, 0.3) is 11.3 Å². The molecule has 2 rings (SSSR count). The van der Waals surface area contributed by atoms with E-state index in [0.717, 1.165) is 0 Å². The minimum Gasteiger partial charge on any atom is -0.477 e. The number of carboxylic acids is 1. The summed E-state index contributed by atoms with van der Waals surface area (Å²) >= 11 is 0. The lowest BCUT2D eigenvalue weighted by Crippen LogP contribution is -2.19. The molecule has 0 radical (unpaired) electrons. The molecule has 0 spiro atoms. The summed E-state index contributed by atoms with van der Waals surface area (Å²) in [7, 11) is 1.63. The lowest BCUT2D eigenvalue weighted by Gasteiger charge is -2.11. The second-order valence-corrected chi connectivity index (χ2v) is 3.83. The quantitative estimate of drug-likeness (QED) is 0.881. The van der Waals surface area contributed by atoms with E-state index < -0.39 is 17.2 Å². The van der Waals surface area contributed by atoms with Crippen LogP contribution < -0.4 is 5.43 Å². The van der Waals surface area contributed by atoms with Crippen LogP contribution in [-0.4, -0.2) is 15.6 Å². The number of halogens is 1. The standard InChI is InChI=1S/C13H10FNO3/c1-15-7-6-10(16)11(13(17)18)12(15)8-2-4-9(14)5-3-8/h2-7H,1H3,(H,17,18). The lowest BCUT2D eigenvalue weighted by molar-refractivity contribution is 0.0695. The molecular formula is C13H10FNO3. The summed E-state index contributed by atoms with van der Waals surface area (Å²) in [6.45, 7) is 0. The normalized spacial score (nSPS) is 10.3. The Balaban J connectivity index is 2.77. The number of nitrogens with zero attached hydrogens (tertiary/aromatic N) is 1. The molecule has 0 unspecified atom stereocenters. The predicted octanol–water partition coefficient (Wildman–Crippen LogP) is 1.89. The van der Waals surface area contributed by atoms with E-state index in [1.165, 1.54) is 41.1 Å². The first kappa shape index (κ1) is 12.0. The Morgan fingerprint density at radius 1 is 1.22 bits per heavy atom. The van der Waals surface area contributed by atoms with Crippen LogP contribution in [0.5, 0.6) is 0 Å². The number of benzene rings is 1. The molecule has 0 fully saturated rings. The Morgan fingerprint density at radius 2 is 1.83 bits per heavy atom. The number of rotatable bonds is 2. The van der Waals surface area contributed by atoms with E-state index in [0.29, 0.717) is 5.56 Å². The van der Waals surface area contributed by atoms with Crippen molar-refractivity contribution in [2.45, 2.75) is 0 Å². The zero-order valence-corrected chi connectivity index (χ0v) is 9.55. The molecule has 0 aliphatic rings. The fourth-order valence-corrected chi connectivity index (χ4v) is 1.79. The van der Waals surface area contributed by atoms with Crippen molar-refractivity contribution in [1.82, 2.24) is 4.57 Å². The average Bonchev–Trinajstić information content (AvgIpc) is 2.32. The molecule has 1 N–H and O–H groups in total. The van der Waals surface area contributed by atoms with Gasteiger partial charge in [0.15, 0.2) is 5.43 Å². The number of pyridine rings is 1. The second kappa shape index (κ2) is 4.44. The molecule has 0 saturated carbocycles. The SMILES string of the molecule is Cn1ccc(=O)c(C(=O)O)c1-c1ccc(F)cc1. The van der Waals surface area contributed by atoms with Crippen molar-refractivity contribution in [3.63, 3.8) is 0 Å². The molecule has 18 heavy (non-hydrogen) atoms. The van der Waals surface area contributed by atoms with Crippen LogP contribution >= 0.6 is 0 Å². The van der Waals surface area contributed by atoms with Crippen LogP contribution in [0, 0.1) is 5.82 Å². The van der Waals surface area contributed by atoms with Gasteiger partial charge < -0.3 is 9.67 Å². The van der Waals surface area contributed by atoms with Crippen molar-refractivity contribution >= 4 is 5.97 Å². The summed E-state index contributed by atoms with van der Waals surface area (Å²) in [5.41, 5.74) is -0.143. The molecule has 0 saturated heterocycles. The molecule has 5 heteroatoms. The summed E-state index contributed by atoms with van der Waals surface area (Å²) in [6, 6.07) is 6.51. The molecule has 0 atom stereocenters. The van der Waals surface area contributed by atoms with Gasteiger partial charge in [-0.05, 0) is 29.8 Å². The van der Waals surface area contributed by atoms with Crippen LogP contribution in [0.3, 0.4) is 0 Å². The van der Waals surface area contributed by atoms with Crippen molar-refractivity contribution in [3.05, 3.63) is 58.1 Å². The van der Waals surface area contributed by atoms with Gasteiger partial charge in [0.1, 0.15) is 11.4 Å². The number of hydrogen-bond acceptors (Lipinski definition) is 2. The van der Waals surface area contributed by atoms with Gasteiger partial charge in [-0.25, -0.2) is 9.18 Å². The minimum atomic E-state index is -1.30. The molecule has 0 aliphatic heterocycles. The van der Waals surface area contributed by atoms with Gasteiger partial charge in [0.25, 0.3) is 0 Å². The monoisotopic (exact) mass is 247 g/mol. The van der Waals surface area contributed by atoms with Gasteiger partial charge in [-0.15, -0.1) is 0 Å². The van der Waals surface area contributed by atoms with Crippen molar-refractivity contribution in [3.8, 4) is 11.3 Å². The number of aromatic nitrogens is 1. The van der Waals surface area contributed by atoms with Gasteiger partial charge in [-0.2, -0.15) is 0 Å². The maximum absolute atomic E-state index is 12.9. The number of aromatic carboxylic acids is 1. The summed E-state index contributed by atoms with van der Waals surface area (Å²) in [4.78, 5) is 22.8. The Bertz CT molecular complexity index is 659. The van der Waals surface area contributed by atoms with Gasteiger partial charge in [0, 0.05) is 19.3 Å². The summed E-state index contributed by atoms with van der Waals surface area (Å²) in [6.07, 6.45) is 1.48. The number of carbonyl (C=O) groups is 1. The molecule has 0 amide bonds. The van der Waals surface area contributed by atoms with E-state index in [4.69, 9.17) is 5.11 Å². The van der Waals surface area contributed by atoms with Crippen LogP contribution in [0.4, 0.5) is 4.39 Å². The largest absolute Gasteiger partial charge is 0.477 e. The number of aryl methyl sites for hydroxylation is 1. The van der Waals surface area contributed by atoms with E-state index >= 15 is 0 Å². The highest BCUT2D eigenvalue weighted by Crippen LogP contribution is 2.21. The van der Waals surface area contributed by atoms with Crippen LogP contribution in [-0.2, 0) is 7.05 Å². The first-order valence-corrected chi connectivity index (χ1v) is 5.19. The number of carboxylic acid groups (broad SMARTS) is 1. The Kier molecular flexibility index (Phi) is 2.97. The average molecular weight is 247 g/mol. The van der Waals surface area contributed by atoms with Crippen molar-refractivity contribution in [2.75, 3.05) is 0 Å².